The van der Waals surface area contributed by atoms with E-state index in [2.05, 4.69) is 5.32 Å². The van der Waals surface area contributed by atoms with Gasteiger partial charge >= 0.3 is 12.0 Å². The van der Waals surface area contributed by atoms with E-state index >= 15 is 0 Å². The number of hydrogen-bond acceptors (Lipinski definition) is 5. The molecule has 7 nitrogen and oxygen atoms in total. The molecule has 120 valence electrons. The van der Waals surface area contributed by atoms with E-state index in [9.17, 15) is 19.2 Å². The van der Waals surface area contributed by atoms with Crippen molar-refractivity contribution in [3.05, 3.63) is 47.7 Å². The second-order valence-electron chi connectivity index (χ2n) is 5.09. The molecule has 3 amide bonds. The number of carbonyl (C=O) groups excluding carboxylic acids is 4. The maximum Gasteiger partial charge on any atom is 0.333 e. The van der Waals surface area contributed by atoms with Crippen LogP contribution >= 0.6 is 0 Å². The number of likely N-dealkylation sites (N-methyl/N-ethyl adjacent to an activating group) is 1. The lowest BCUT2D eigenvalue weighted by Gasteiger charge is -2.11. The summed E-state index contributed by atoms with van der Waals surface area (Å²) < 4.78 is 5.07. The van der Waals surface area contributed by atoms with Gasteiger partial charge in [-0.15, -0.1) is 0 Å². The molecule has 1 aliphatic heterocycles. The second kappa shape index (κ2) is 6.87. The van der Waals surface area contributed by atoms with E-state index in [-0.39, 0.29) is 17.9 Å². The van der Waals surface area contributed by atoms with Gasteiger partial charge in [-0.1, -0.05) is 30.3 Å². The molecule has 23 heavy (non-hydrogen) atoms. The van der Waals surface area contributed by atoms with Gasteiger partial charge in [-0.3, -0.25) is 14.5 Å². The number of nitrogens with zero attached hydrogens (tertiary/aromatic N) is 1. The normalized spacial score (nSPS) is 17.1. The number of carbonyl (C=O) groups is 4. The minimum atomic E-state index is -0.794. The van der Waals surface area contributed by atoms with Crippen molar-refractivity contribution in [1.29, 1.82) is 0 Å². The van der Waals surface area contributed by atoms with E-state index in [1.54, 1.807) is 37.3 Å². The van der Waals surface area contributed by atoms with Crippen molar-refractivity contribution in [3.8, 4) is 0 Å². The first-order valence-electron chi connectivity index (χ1n) is 6.98. The summed E-state index contributed by atoms with van der Waals surface area (Å²) in [7, 11) is 1.30. The van der Waals surface area contributed by atoms with Crippen LogP contribution in [0.15, 0.2) is 42.1 Å². The standard InChI is InChI=1S/C16H16N2O5/c1-10(8-13(19)11-6-4-3-5-7-11)23-14(20)9-12-15(21)18(2)16(22)17-12/h3-7,9-10H,8H2,1-2H3,(H,17,22)/b12-9-. The monoisotopic (exact) mass is 316 g/mol. The third-order valence-electron chi connectivity index (χ3n) is 3.23. The maximum atomic E-state index is 12.0. The van der Waals surface area contributed by atoms with Gasteiger partial charge in [-0.05, 0) is 6.92 Å². The second-order valence-corrected chi connectivity index (χ2v) is 5.09. The molecule has 0 aliphatic carbocycles. The van der Waals surface area contributed by atoms with E-state index in [1.165, 1.54) is 7.05 Å². The van der Waals surface area contributed by atoms with Crippen molar-refractivity contribution in [3.63, 3.8) is 0 Å². The number of ether oxygens (including phenoxy) is 1. The van der Waals surface area contributed by atoms with Gasteiger partial charge in [-0.25, -0.2) is 9.59 Å². The number of imide groups is 1. The molecule has 1 heterocycles. The smallest absolute Gasteiger partial charge is 0.333 e. The quantitative estimate of drug-likeness (QED) is 0.382. The van der Waals surface area contributed by atoms with Crippen molar-refractivity contribution < 1.29 is 23.9 Å². The molecule has 7 heteroatoms. The summed E-state index contributed by atoms with van der Waals surface area (Å²) >= 11 is 0. The lowest BCUT2D eigenvalue weighted by Crippen LogP contribution is -2.25. The minimum absolute atomic E-state index is 0.0269. The van der Waals surface area contributed by atoms with Crippen LogP contribution < -0.4 is 5.32 Å². The first kappa shape index (κ1) is 16.4. The Morgan fingerprint density at radius 2 is 1.91 bits per heavy atom. The van der Waals surface area contributed by atoms with Crippen LogP contribution in [0.3, 0.4) is 0 Å². The summed E-state index contributed by atoms with van der Waals surface area (Å²) in [6, 6.07) is 8.05. The molecule has 1 aliphatic rings. The number of Topliss-reactive ketones (excluding diaryl/α,β-unsaturated/α-hetero) is 1. The summed E-state index contributed by atoms with van der Waals surface area (Å²) in [5.41, 5.74) is 0.387. The number of ketones is 1. The number of hydrogen-bond donors (Lipinski definition) is 1. The molecule has 1 aromatic carbocycles. The Morgan fingerprint density at radius 1 is 1.26 bits per heavy atom. The van der Waals surface area contributed by atoms with Crippen LogP contribution in [0.1, 0.15) is 23.7 Å². The van der Waals surface area contributed by atoms with Crippen molar-refractivity contribution in [2.45, 2.75) is 19.4 Å². The number of rotatable bonds is 5. The minimum Gasteiger partial charge on any atom is -0.459 e. The fourth-order valence-electron chi connectivity index (χ4n) is 2.02. The fourth-order valence-corrected chi connectivity index (χ4v) is 2.02. The number of amides is 3. The predicted molar refractivity (Wildman–Crippen MR) is 80.3 cm³/mol. The van der Waals surface area contributed by atoms with E-state index in [1.807, 2.05) is 0 Å². The fraction of sp³-hybridized carbons (Fsp3) is 0.250. The van der Waals surface area contributed by atoms with Crippen LogP contribution in [0.25, 0.3) is 0 Å². The molecule has 1 aromatic rings. The van der Waals surface area contributed by atoms with Crippen LogP contribution in [-0.4, -0.2) is 41.7 Å². The van der Waals surface area contributed by atoms with Crippen molar-refractivity contribution >= 4 is 23.7 Å². The van der Waals surface area contributed by atoms with Gasteiger partial charge in [0.2, 0.25) is 0 Å². The molecule has 1 unspecified atom stereocenters. The number of urea groups is 1. The summed E-state index contributed by atoms with van der Waals surface area (Å²) in [6.07, 6.45) is 0.281. The summed E-state index contributed by atoms with van der Waals surface area (Å²) in [4.78, 5) is 47.5. The molecule has 2 rings (SSSR count). The topological polar surface area (TPSA) is 92.8 Å². The van der Waals surface area contributed by atoms with Crippen molar-refractivity contribution in [2.24, 2.45) is 0 Å². The van der Waals surface area contributed by atoms with E-state index in [0.29, 0.717) is 5.56 Å². The largest absolute Gasteiger partial charge is 0.459 e. The summed E-state index contributed by atoms with van der Waals surface area (Å²) in [6.45, 7) is 1.58. The van der Waals surface area contributed by atoms with Gasteiger partial charge in [0.05, 0.1) is 6.08 Å². The predicted octanol–water partition coefficient (Wildman–Crippen LogP) is 1.26. The summed E-state index contributed by atoms with van der Waals surface area (Å²) in [5.74, 6) is -1.55. The van der Waals surface area contributed by atoms with Gasteiger partial charge < -0.3 is 10.1 Å². The zero-order chi connectivity index (χ0) is 17.0. The van der Waals surface area contributed by atoms with Crippen LogP contribution in [-0.2, 0) is 14.3 Å². The molecule has 1 N–H and O–H groups in total. The average molecular weight is 316 g/mol. The number of esters is 1. The SMILES string of the molecule is CC(CC(=O)c1ccccc1)OC(=O)/C=C1\NC(=O)N(C)C1=O. The Labute approximate surface area is 132 Å². The Morgan fingerprint density at radius 3 is 2.48 bits per heavy atom. The van der Waals surface area contributed by atoms with Crippen LogP contribution in [0.5, 0.6) is 0 Å². The third-order valence-corrected chi connectivity index (χ3v) is 3.23. The molecular weight excluding hydrogens is 300 g/mol. The Hall–Kier alpha value is -2.96. The molecule has 0 bridgehead atoms. The average Bonchev–Trinajstić information content (AvgIpc) is 2.75. The first-order valence-corrected chi connectivity index (χ1v) is 6.98. The van der Waals surface area contributed by atoms with E-state index < -0.39 is 24.0 Å². The zero-order valence-electron chi connectivity index (χ0n) is 12.7. The van der Waals surface area contributed by atoms with Gasteiger partial charge in [0, 0.05) is 19.0 Å². The molecule has 1 fully saturated rings. The molecule has 1 saturated heterocycles. The molecule has 0 radical (unpaired) electrons. The zero-order valence-corrected chi connectivity index (χ0v) is 12.7. The lowest BCUT2D eigenvalue weighted by molar-refractivity contribution is -0.142. The molecule has 0 aromatic heterocycles. The highest BCUT2D eigenvalue weighted by Crippen LogP contribution is 2.10. The number of benzene rings is 1. The highest BCUT2D eigenvalue weighted by Gasteiger charge is 2.31. The van der Waals surface area contributed by atoms with Gasteiger partial charge in [0.15, 0.2) is 5.78 Å². The first-order chi connectivity index (χ1) is 10.9. The third kappa shape index (κ3) is 4.03. The molecule has 0 saturated carbocycles. The Kier molecular flexibility index (Phi) is 4.90. The molecule has 0 spiro atoms. The maximum absolute atomic E-state index is 12.0. The van der Waals surface area contributed by atoms with Crippen LogP contribution in [0, 0.1) is 0 Å². The van der Waals surface area contributed by atoms with Crippen molar-refractivity contribution in [1.82, 2.24) is 10.2 Å². The van der Waals surface area contributed by atoms with Crippen molar-refractivity contribution in [2.75, 3.05) is 7.05 Å². The van der Waals surface area contributed by atoms with Gasteiger partial charge in [0.25, 0.3) is 5.91 Å². The van der Waals surface area contributed by atoms with Crippen LogP contribution in [0.2, 0.25) is 0 Å². The lowest BCUT2D eigenvalue weighted by atomic mass is 10.1. The van der Waals surface area contributed by atoms with E-state index in [4.69, 9.17) is 4.74 Å². The van der Waals surface area contributed by atoms with E-state index in [0.717, 1.165) is 11.0 Å². The highest BCUT2D eigenvalue weighted by atomic mass is 16.5. The Balaban J connectivity index is 1.92. The molecular formula is C16H16N2O5. The highest BCUT2D eigenvalue weighted by molar-refractivity contribution is 6.13. The number of nitrogens with one attached hydrogen (secondary N) is 1. The van der Waals surface area contributed by atoms with Crippen LogP contribution in [0.4, 0.5) is 4.79 Å². The van der Waals surface area contributed by atoms with Gasteiger partial charge in [0.1, 0.15) is 11.8 Å². The molecule has 1 atom stereocenters. The Bertz CT molecular complexity index is 681. The van der Waals surface area contributed by atoms with Gasteiger partial charge in [-0.2, -0.15) is 0 Å². The summed E-state index contributed by atoms with van der Waals surface area (Å²) in [5, 5.41) is 2.25.